The van der Waals surface area contributed by atoms with Crippen LogP contribution in [0.2, 0.25) is 0 Å². The summed E-state index contributed by atoms with van der Waals surface area (Å²) in [6, 6.07) is 0. The zero-order chi connectivity index (χ0) is 8.72. The third-order valence-electron chi connectivity index (χ3n) is 2.69. The van der Waals surface area contributed by atoms with Gasteiger partial charge in [0.1, 0.15) is 5.78 Å². The highest BCUT2D eigenvalue weighted by molar-refractivity contribution is 5.80. The van der Waals surface area contributed by atoms with Gasteiger partial charge in [0.2, 0.25) is 0 Å². The Kier molecular flexibility index (Phi) is 1.90. The molecule has 0 spiro atoms. The molecule has 68 valence electrons. The van der Waals surface area contributed by atoms with E-state index in [9.17, 15) is 15.0 Å². The second-order valence-electron chi connectivity index (χ2n) is 3.54. The fourth-order valence-corrected chi connectivity index (χ4v) is 1.95. The maximum absolute atomic E-state index is 11.1. The Morgan fingerprint density at radius 3 is 2.83 bits per heavy atom. The number of rotatable bonds is 0. The predicted octanol–water partition coefficient (Wildman–Crippen LogP) is -0.914. The molecule has 0 aromatic rings. The summed E-state index contributed by atoms with van der Waals surface area (Å²) >= 11 is 0. The van der Waals surface area contributed by atoms with E-state index in [1.807, 2.05) is 0 Å². The largest absolute Gasteiger partial charge is 0.390 e. The van der Waals surface area contributed by atoms with E-state index in [0.717, 1.165) is 0 Å². The zero-order valence-electron chi connectivity index (χ0n) is 6.64. The first kappa shape index (κ1) is 8.16. The van der Waals surface area contributed by atoms with Gasteiger partial charge in [0.05, 0.1) is 24.9 Å². The van der Waals surface area contributed by atoms with Gasteiger partial charge in [-0.05, 0) is 0 Å². The third kappa shape index (κ3) is 1.16. The number of fused-ring (bicyclic) bond motifs is 2. The van der Waals surface area contributed by atoms with Gasteiger partial charge in [0.15, 0.2) is 0 Å². The van der Waals surface area contributed by atoms with Gasteiger partial charge in [-0.3, -0.25) is 4.79 Å². The van der Waals surface area contributed by atoms with Crippen molar-refractivity contribution in [2.24, 2.45) is 5.92 Å². The lowest BCUT2D eigenvalue weighted by molar-refractivity contribution is -0.182. The number of Topliss-reactive ketones (excluding diaryl/α,β-unsaturated/α-hetero) is 1. The van der Waals surface area contributed by atoms with Crippen LogP contribution in [-0.2, 0) is 9.53 Å². The number of hydrogen-bond donors (Lipinski definition) is 2. The minimum absolute atomic E-state index is 0.0778. The first-order valence-electron chi connectivity index (χ1n) is 4.18. The molecule has 4 heteroatoms. The van der Waals surface area contributed by atoms with E-state index in [-0.39, 0.29) is 24.4 Å². The van der Waals surface area contributed by atoms with Crippen LogP contribution in [0.3, 0.4) is 0 Å². The lowest BCUT2D eigenvalue weighted by atomic mass is 9.78. The van der Waals surface area contributed by atoms with Crippen molar-refractivity contribution in [1.82, 2.24) is 0 Å². The van der Waals surface area contributed by atoms with Crippen molar-refractivity contribution in [3.8, 4) is 0 Å². The Balaban J connectivity index is 2.16. The molecule has 0 amide bonds. The second-order valence-corrected chi connectivity index (χ2v) is 3.54. The molecule has 1 heterocycles. The average molecular weight is 172 g/mol. The van der Waals surface area contributed by atoms with Crippen LogP contribution in [0.5, 0.6) is 0 Å². The first-order chi connectivity index (χ1) is 5.68. The van der Waals surface area contributed by atoms with Crippen LogP contribution in [0.1, 0.15) is 12.8 Å². The molecule has 1 saturated heterocycles. The van der Waals surface area contributed by atoms with Gasteiger partial charge in [-0.2, -0.15) is 0 Å². The molecular formula is C8H12O4. The van der Waals surface area contributed by atoms with Crippen LogP contribution in [0.15, 0.2) is 0 Å². The number of carbonyl (C=O) groups excluding carboxylic acids is 1. The van der Waals surface area contributed by atoms with Gasteiger partial charge in [-0.15, -0.1) is 0 Å². The Morgan fingerprint density at radius 1 is 1.33 bits per heavy atom. The molecule has 0 radical (unpaired) electrons. The lowest BCUT2D eigenvalue weighted by Crippen LogP contribution is -2.53. The van der Waals surface area contributed by atoms with Crippen molar-refractivity contribution >= 4 is 5.78 Å². The van der Waals surface area contributed by atoms with Gasteiger partial charge >= 0.3 is 0 Å². The number of aliphatic hydroxyl groups is 2. The van der Waals surface area contributed by atoms with Crippen molar-refractivity contribution < 1.29 is 19.7 Å². The van der Waals surface area contributed by atoms with Crippen molar-refractivity contribution in [3.05, 3.63) is 0 Å². The maximum Gasteiger partial charge on any atom is 0.136 e. The molecule has 1 saturated carbocycles. The lowest BCUT2D eigenvalue weighted by Gasteiger charge is -2.41. The Bertz CT molecular complexity index is 203. The highest BCUT2D eigenvalue weighted by Gasteiger charge is 2.44. The number of aliphatic hydroxyl groups excluding tert-OH is 2. The molecule has 2 rings (SSSR count). The second kappa shape index (κ2) is 2.80. The number of carbonyl (C=O) groups is 1. The molecule has 4 atom stereocenters. The number of hydrogen-bond acceptors (Lipinski definition) is 4. The quantitative estimate of drug-likeness (QED) is 0.496. The van der Waals surface area contributed by atoms with Gasteiger partial charge in [0, 0.05) is 18.8 Å². The predicted molar refractivity (Wildman–Crippen MR) is 39.5 cm³/mol. The third-order valence-corrected chi connectivity index (χ3v) is 2.69. The summed E-state index contributed by atoms with van der Waals surface area (Å²) in [5, 5.41) is 18.9. The van der Waals surface area contributed by atoms with Gasteiger partial charge in [0.25, 0.3) is 0 Å². The summed E-state index contributed by atoms with van der Waals surface area (Å²) in [6.45, 7) is 0.250. The average Bonchev–Trinajstić information content (AvgIpc) is 2.01. The minimum Gasteiger partial charge on any atom is -0.390 e. The molecule has 0 aromatic heterocycles. The molecule has 0 aromatic carbocycles. The van der Waals surface area contributed by atoms with E-state index < -0.39 is 12.2 Å². The standard InChI is InChI=1S/C8H12O4/c9-4-1-5-6(10)3-12-7(2-4)8(5)11/h5-8,10-11H,1-3H2/t5-,6-,7-,8+/m1/s1. The molecule has 2 N–H and O–H groups in total. The minimum atomic E-state index is -0.680. The van der Waals surface area contributed by atoms with Crippen molar-refractivity contribution in [2.75, 3.05) is 6.61 Å². The smallest absolute Gasteiger partial charge is 0.136 e. The number of ketones is 1. The van der Waals surface area contributed by atoms with Crippen molar-refractivity contribution in [3.63, 3.8) is 0 Å². The molecule has 1 aliphatic heterocycles. The van der Waals surface area contributed by atoms with Crippen molar-refractivity contribution in [2.45, 2.75) is 31.2 Å². The molecule has 12 heavy (non-hydrogen) atoms. The molecular weight excluding hydrogens is 160 g/mol. The van der Waals surface area contributed by atoms with Crippen LogP contribution in [0.4, 0.5) is 0 Å². The van der Waals surface area contributed by atoms with Gasteiger partial charge < -0.3 is 14.9 Å². The van der Waals surface area contributed by atoms with Gasteiger partial charge in [-0.25, -0.2) is 0 Å². The van der Waals surface area contributed by atoms with Crippen LogP contribution < -0.4 is 0 Å². The summed E-state index contributed by atoms with van der Waals surface area (Å²) in [7, 11) is 0. The topological polar surface area (TPSA) is 66.8 Å². The highest BCUT2D eigenvalue weighted by atomic mass is 16.5. The SMILES string of the molecule is O=C1C[C@H]2[C@H](O)[C@@H](C1)OC[C@H]2O. The summed E-state index contributed by atoms with van der Waals surface area (Å²) in [6.07, 6.45) is -1.13. The summed E-state index contributed by atoms with van der Waals surface area (Å²) < 4.78 is 5.12. The molecule has 1 aliphatic carbocycles. The normalized spacial score (nSPS) is 47.7. The van der Waals surface area contributed by atoms with E-state index in [1.54, 1.807) is 0 Å². The summed E-state index contributed by atoms with van der Waals surface area (Å²) in [5.41, 5.74) is 0. The molecule has 2 bridgehead atoms. The Hall–Kier alpha value is -0.450. The van der Waals surface area contributed by atoms with E-state index in [1.165, 1.54) is 0 Å². The fourth-order valence-electron chi connectivity index (χ4n) is 1.95. The molecule has 0 unspecified atom stereocenters. The maximum atomic E-state index is 11.1. The van der Waals surface area contributed by atoms with E-state index in [0.29, 0.717) is 12.8 Å². The summed E-state index contributed by atoms with van der Waals surface area (Å²) in [4.78, 5) is 11.1. The highest BCUT2D eigenvalue weighted by Crippen LogP contribution is 2.31. The van der Waals surface area contributed by atoms with Crippen LogP contribution >= 0.6 is 0 Å². The fraction of sp³-hybridized carbons (Fsp3) is 0.875. The molecule has 2 aliphatic rings. The monoisotopic (exact) mass is 172 g/mol. The van der Waals surface area contributed by atoms with Crippen LogP contribution in [-0.4, -0.2) is 40.9 Å². The van der Waals surface area contributed by atoms with E-state index in [2.05, 4.69) is 0 Å². The van der Waals surface area contributed by atoms with E-state index in [4.69, 9.17) is 4.74 Å². The van der Waals surface area contributed by atoms with Gasteiger partial charge in [-0.1, -0.05) is 0 Å². The molecule has 4 nitrogen and oxygen atoms in total. The van der Waals surface area contributed by atoms with Crippen LogP contribution in [0.25, 0.3) is 0 Å². The van der Waals surface area contributed by atoms with E-state index >= 15 is 0 Å². The zero-order valence-corrected chi connectivity index (χ0v) is 6.64. The Morgan fingerprint density at radius 2 is 2.08 bits per heavy atom. The first-order valence-corrected chi connectivity index (χ1v) is 4.18. The number of ether oxygens (including phenoxy) is 1. The molecule has 2 fully saturated rings. The van der Waals surface area contributed by atoms with Crippen molar-refractivity contribution in [1.29, 1.82) is 0 Å². The summed E-state index contributed by atoms with van der Waals surface area (Å²) in [5.74, 6) is -0.223. The Labute approximate surface area is 70.1 Å². The van der Waals surface area contributed by atoms with Crippen LogP contribution in [0, 0.1) is 5.92 Å².